The fourth-order valence-corrected chi connectivity index (χ4v) is 3.34. The van der Waals surface area contributed by atoms with Gasteiger partial charge in [-0.1, -0.05) is 11.6 Å². The van der Waals surface area contributed by atoms with Gasteiger partial charge in [0.05, 0.1) is 0 Å². The molecule has 0 aromatic rings. The van der Waals surface area contributed by atoms with Crippen molar-refractivity contribution in [3.05, 3.63) is 11.6 Å². The summed E-state index contributed by atoms with van der Waals surface area (Å²) in [6.45, 7) is 4.24. The first-order chi connectivity index (χ1) is 7.85. The lowest BCUT2D eigenvalue weighted by Crippen LogP contribution is -2.18. The summed E-state index contributed by atoms with van der Waals surface area (Å²) in [5.74, 6) is 2.58. The molecule has 2 nitrogen and oxygen atoms in total. The Balaban J connectivity index is 1.63. The monoisotopic (exact) mass is 224 g/mol. The lowest BCUT2D eigenvalue weighted by molar-refractivity contribution is 0.0774. The van der Waals surface area contributed by atoms with Crippen LogP contribution in [0.1, 0.15) is 39.0 Å². The normalized spacial score (nSPS) is 35.1. The summed E-state index contributed by atoms with van der Waals surface area (Å²) in [4.78, 5) is 0. The summed E-state index contributed by atoms with van der Waals surface area (Å²) in [6, 6.07) is 0. The van der Waals surface area contributed by atoms with Crippen molar-refractivity contribution in [2.24, 2.45) is 17.8 Å². The third-order valence-electron chi connectivity index (χ3n) is 4.26. The fraction of sp³-hybridized carbons (Fsp3) is 0.857. The lowest BCUT2D eigenvalue weighted by Gasteiger charge is -2.23. The Morgan fingerprint density at radius 2 is 2.25 bits per heavy atom. The van der Waals surface area contributed by atoms with E-state index in [9.17, 15) is 0 Å². The molecule has 2 fully saturated rings. The number of rotatable bonds is 6. The standard InChI is InChI=1S/C14H24O2/c1-2-11-7-13-8-12(11)9-14(13)10-16-6-4-3-5-15/h2,12-15H,3-10H2,1H3/b11-2-/t12-,13+,14?/m0/s1. The van der Waals surface area contributed by atoms with Crippen molar-refractivity contribution in [1.29, 1.82) is 0 Å². The van der Waals surface area contributed by atoms with Crippen LogP contribution >= 0.6 is 0 Å². The Kier molecular flexibility index (Phi) is 4.42. The van der Waals surface area contributed by atoms with Gasteiger partial charge in [-0.05, 0) is 56.8 Å². The van der Waals surface area contributed by atoms with E-state index >= 15 is 0 Å². The van der Waals surface area contributed by atoms with Gasteiger partial charge in [-0.2, -0.15) is 0 Å². The van der Waals surface area contributed by atoms with E-state index in [0.717, 1.165) is 43.8 Å². The van der Waals surface area contributed by atoms with Gasteiger partial charge in [-0.3, -0.25) is 0 Å². The van der Waals surface area contributed by atoms with E-state index in [4.69, 9.17) is 9.84 Å². The van der Waals surface area contributed by atoms with Gasteiger partial charge in [0.2, 0.25) is 0 Å². The summed E-state index contributed by atoms with van der Waals surface area (Å²) in [7, 11) is 0. The number of unbranched alkanes of at least 4 members (excludes halogenated alkanes) is 1. The molecule has 16 heavy (non-hydrogen) atoms. The van der Waals surface area contributed by atoms with E-state index in [2.05, 4.69) is 13.0 Å². The molecule has 1 N–H and O–H groups in total. The van der Waals surface area contributed by atoms with Gasteiger partial charge < -0.3 is 9.84 Å². The molecule has 0 heterocycles. The van der Waals surface area contributed by atoms with Gasteiger partial charge in [0, 0.05) is 19.8 Å². The summed E-state index contributed by atoms with van der Waals surface area (Å²) < 4.78 is 5.71. The first-order valence-corrected chi connectivity index (χ1v) is 6.68. The molecule has 2 aliphatic rings. The number of aliphatic hydroxyl groups excluding tert-OH is 1. The zero-order valence-corrected chi connectivity index (χ0v) is 10.3. The largest absolute Gasteiger partial charge is 0.396 e. The summed E-state index contributed by atoms with van der Waals surface area (Å²) in [5, 5.41) is 8.66. The zero-order chi connectivity index (χ0) is 11.4. The quantitative estimate of drug-likeness (QED) is 0.555. The Morgan fingerprint density at radius 3 is 2.88 bits per heavy atom. The van der Waals surface area contributed by atoms with Crippen LogP contribution < -0.4 is 0 Å². The zero-order valence-electron chi connectivity index (χ0n) is 10.3. The first kappa shape index (κ1) is 12.1. The molecule has 92 valence electrons. The summed E-state index contributed by atoms with van der Waals surface area (Å²) >= 11 is 0. The van der Waals surface area contributed by atoms with E-state index in [0.29, 0.717) is 6.61 Å². The number of fused-ring (bicyclic) bond motifs is 2. The number of ether oxygens (including phenoxy) is 1. The van der Waals surface area contributed by atoms with E-state index in [1.54, 1.807) is 5.57 Å². The van der Waals surface area contributed by atoms with Gasteiger partial charge in [0.15, 0.2) is 0 Å². The molecule has 3 atom stereocenters. The number of aliphatic hydroxyl groups is 1. The first-order valence-electron chi connectivity index (χ1n) is 6.68. The number of hydrogen-bond acceptors (Lipinski definition) is 2. The van der Waals surface area contributed by atoms with Crippen molar-refractivity contribution in [1.82, 2.24) is 0 Å². The molecular formula is C14H24O2. The molecule has 2 aliphatic carbocycles. The lowest BCUT2D eigenvalue weighted by atomic mass is 9.86. The highest BCUT2D eigenvalue weighted by Gasteiger charge is 2.41. The molecule has 2 rings (SSSR count). The van der Waals surface area contributed by atoms with Crippen LogP contribution in [0.25, 0.3) is 0 Å². The van der Waals surface area contributed by atoms with Gasteiger partial charge in [-0.15, -0.1) is 0 Å². The van der Waals surface area contributed by atoms with Crippen LogP contribution in [-0.4, -0.2) is 24.9 Å². The second-order valence-corrected chi connectivity index (χ2v) is 5.26. The van der Waals surface area contributed by atoms with Crippen molar-refractivity contribution in [3.63, 3.8) is 0 Å². The van der Waals surface area contributed by atoms with Crippen LogP contribution in [0.4, 0.5) is 0 Å². The van der Waals surface area contributed by atoms with Gasteiger partial charge >= 0.3 is 0 Å². The second-order valence-electron chi connectivity index (χ2n) is 5.26. The van der Waals surface area contributed by atoms with Crippen LogP contribution in [0.2, 0.25) is 0 Å². The third-order valence-corrected chi connectivity index (χ3v) is 4.26. The van der Waals surface area contributed by atoms with E-state index in [-0.39, 0.29) is 0 Å². The second kappa shape index (κ2) is 5.83. The maximum atomic E-state index is 8.66. The van der Waals surface area contributed by atoms with Crippen molar-refractivity contribution in [3.8, 4) is 0 Å². The Morgan fingerprint density at radius 1 is 1.38 bits per heavy atom. The SMILES string of the molecule is C/C=C1/C[C@@H]2C[C@H]1CC2COCCCCO. The predicted octanol–water partition coefficient (Wildman–Crippen LogP) is 2.77. The van der Waals surface area contributed by atoms with Crippen LogP contribution in [0.5, 0.6) is 0 Å². The van der Waals surface area contributed by atoms with E-state index < -0.39 is 0 Å². The molecule has 1 unspecified atom stereocenters. The molecule has 0 saturated heterocycles. The topological polar surface area (TPSA) is 29.5 Å². The molecule has 2 saturated carbocycles. The molecule has 0 aliphatic heterocycles. The van der Waals surface area contributed by atoms with Crippen LogP contribution in [0.3, 0.4) is 0 Å². The van der Waals surface area contributed by atoms with Crippen molar-refractivity contribution < 1.29 is 9.84 Å². The van der Waals surface area contributed by atoms with E-state index in [1.807, 2.05) is 0 Å². The highest BCUT2D eigenvalue weighted by Crippen LogP contribution is 2.51. The minimum atomic E-state index is 0.294. The smallest absolute Gasteiger partial charge is 0.0497 e. The van der Waals surface area contributed by atoms with Gasteiger partial charge in [0.25, 0.3) is 0 Å². The van der Waals surface area contributed by atoms with Crippen LogP contribution in [0.15, 0.2) is 11.6 Å². The molecular weight excluding hydrogens is 200 g/mol. The molecule has 0 spiro atoms. The predicted molar refractivity (Wildman–Crippen MR) is 65.2 cm³/mol. The van der Waals surface area contributed by atoms with Crippen molar-refractivity contribution in [2.45, 2.75) is 39.0 Å². The third kappa shape index (κ3) is 2.67. The minimum absolute atomic E-state index is 0.294. The summed E-state index contributed by atoms with van der Waals surface area (Å²) in [6.07, 6.45) is 8.28. The molecule has 0 amide bonds. The Hall–Kier alpha value is -0.340. The highest BCUT2D eigenvalue weighted by atomic mass is 16.5. The minimum Gasteiger partial charge on any atom is -0.396 e. The van der Waals surface area contributed by atoms with Gasteiger partial charge in [-0.25, -0.2) is 0 Å². The van der Waals surface area contributed by atoms with Crippen LogP contribution in [-0.2, 0) is 4.74 Å². The summed E-state index contributed by atoms with van der Waals surface area (Å²) in [5.41, 5.74) is 1.70. The molecule has 0 aromatic carbocycles. The number of allylic oxidation sites excluding steroid dienone is 2. The fourth-order valence-electron chi connectivity index (χ4n) is 3.34. The average Bonchev–Trinajstić information content (AvgIpc) is 2.87. The maximum Gasteiger partial charge on any atom is 0.0497 e. The van der Waals surface area contributed by atoms with Gasteiger partial charge in [0.1, 0.15) is 0 Å². The Labute approximate surface area is 98.7 Å². The molecule has 0 aromatic heterocycles. The maximum absolute atomic E-state index is 8.66. The van der Waals surface area contributed by atoms with Crippen molar-refractivity contribution >= 4 is 0 Å². The van der Waals surface area contributed by atoms with Crippen LogP contribution in [0, 0.1) is 17.8 Å². The highest BCUT2D eigenvalue weighted by molar-refractivity contribution is 5.17. The van der Waals surface area contributed by atoms with Crippen molar-refractivity contribution in [2.75, 3.05) is 19.8 Å². The molecule has 0 radical (unpaired) electrons. The number of hydrogen-bond donors (Lipinski definition) is 1. The Bertz CT molecular complexity index is 247. The molecule has 2 bridgehead atoms. The average molecular weight is 224 g/mol. The molecule has 2 heteroatoms. The van der Waals surface area contributed by atoms with E-state index in [1.165, 1.54) is 19.3 Å².